The van der Waals surface area contributed by atoms with Crippen molar-refractivity contribution in [3.8, 4) is 17.6 Å². The fourth-order valence-electron chi connectivity index (χ4n) is 4.40. The first-order valence-corrected chi connectivity index (χ1v) is 7.57. The molecule has 2 saturated carbocycles. The van der Waals surface area contributed by atoms with Crippen LogP contribution in [-0.2, 0) is 5.41 Å². The summed E-state index contributed by atoms with van der Waals surface area (Å²) >= 11 is 0. The summed E-state index contributed by atoms with van der Waals surface area (Å²) in [6.45, 7) is 1.21. The number of benzene rings is 1. The van der Waals surface area contributed by atoms with Crippen molar-refractivity contribution in [2.24, 2.45) is 5.41 Å². The Hall–Kier alpha value is -1.69. The lowest BCUT2D eigenvalue weighted by molar-refractivity contribution is 0.0643. The van der Waals surface area contributed by atoms with Gasteiger partial charge in [0.05, 0.1) is 11.5 Å². The van der Waals surface area contributed by atoms with Crippen molar-refractivity contribution in [2.45, 2.75) is 43.9 Å². The van der Waals surface area contributed by atoms with E-state index in [-0.39, 0.29) is 5.41 Å². The molecule has 0 unspecified atom stereocenters. The third kappa shape index (κ3) is 1.64. The van der Waals surface area contributed by atoms with Crippen LogP contribution in [0.4, 0.5) is 0 Å². The molecule has 0 bridgehead atoms. The molecular formula is C17H19NO2. The van der Waals surface area contributed by atoms with Crippen LogP contribution in [0.5, 0.6) is 11.5 Å². The fraction of sp³-hybridized carbons (Fsp3) is 0.588. The molecule has 1 aliphatic heterocycles. The highest BCUT2D eigenvalue weighted by Gasteiger charge is 2.56. The van der Waals surface area contributed by atoms with E-state index in [1.54, 1.807) is 0 Å². The molecule has 3 heteroatoms. The van der Waals surface area contributed by atoms with Crippen molar-refractivity contribution in [2.75, 3.05) is 13.2 Å². The molecule has 1 spiro atoms. The lowest BCUT2D eigenvalue weighted by Gasteiger charge is -2.51. The minimum atomic E-state index is -0.291. The van der Waals surface area contributed by atoms with Gasteiger partial charge in [-0.3, -0.25) is 0 Å². The maximum absolute atomic E-state index is 9.72. The molecule has 20 heavy (non-hydrogen) atoms. The highest BCUT2D eigenvalue weighted by atomic mass is 16.6. The molecule has 0 amide bonds. The molecule has 1 heterocycles. The molecule has 1 aromatic rings. The van der Waals surface area contributed by atoms with Crippen LogP contribution < -0.4 is 9.47 Å². The smallest absolute Gasteiger partial charge is 0.161 e. The van der Waals surface area contributed by atoms with Gasteiger partial charge >= 0.3 is 0 Å². The average molecular weight is 269 g/mol. The summed E-state index contributed by atoms with van der Waals surface area (Å²) in [7, 11) is 0. The lowest BCUT2D eigenvalue weighted by Crippen LogP contribution is -2.47. The normalized spacial score (nSPS) is 24.9. The van der Waals surface area contributed by atoms with E-state index in [4.69, 9.17) is 9.47 Å². The number of hydrogen-bond acceptors (Lipinski definition) is 3. The first-order chi connectivity index (χ1) is 9.75. The summed E-state index contributed by atoms with van der Waals surface area (Å²) < 4.78 is 11.2. The van der Waals surface area contributed by atoms with E-state index in [2.05, 4.69) is 12.1 Å². The molecule has 2 fully saturated rings. The van der Waals surface area contributed by atoms with Gasteiger partial charge in [-0.2, -0.15) is 5.26 Å². The second kappa shape index (κ2) is 4.15. The van der Waals surface area contributed by atoms with Crippen LogP contribution in [0.15, 0.2) is 18.2 Å². The summed E-state index contributed by atoms with van der Waals surface area (Å²) in [6.07, 6.45) is 7.33. The Balaban J connectivity index is 1.64. The third-order valence-electron chi connectivity index (χ3n) is 5.33. The van der Waals surface area contributed by atoms with Gasteiger partial charge in [0, 0.05) is 0 Å². The van der Waals surface area contributed by atoms with Crippen molar-refractivity contribution < 1.29 is 9.47 Å². The molecule has 4 rings (SSSR count). The minimum Gasteiger partial charge on any atom is -0.486 e. The predicted octanol–water partition coefficient (Wildman–Crippen LogP) is 3.57. The van der Waals surface area contributed by atoms with Crippen molar-refractivity contribution in [1.82, 2.24) is 0 Å². The second-order valence-electron chi connectivity index (χ2n) is 6.61. The minimum absolute atomic E-state index is 0.291. The zero-order valence-corrected chi connectivity index (χ0v) is 11.7. The van der Waals surface area contributed by atoms with Crippen LogP contribution >= 0.6 is 0 Å². The fourth-order valence-corrected chi connectivity index (χ4v) is 4.40. The SMILES string of the molecule is N#CC1(c2ccc3c(c2)OCCO3)CC2(CCCC2)C1. The Morgan fingerprint density at radius 1 is 1.00 bits per heavy atom. The van der Waals surface area contributed by atoms with Crippen LogP contribution in [-0.4, -0.2) is 13.2 Å². The predicted molar refractivity (Wildman–Crippen MR) is 74.9 cm³/mol. The highest BCUT2D eigenvalue weighted by Crippen LogP contribution is 2.63. The Bertz CT molecular complexity index is 573. The van der Waals surface area contributed by atoms with Crippen molar-refractivity contribution in [1.29, 1.82) is 5.26 Å². The van der Waals surface area contributed by atoms with Crippen LogP contribution in [0, 0.1) is 16.7 Å². The van der Waals surface area contributed by atoms with Crippen molar-refractivity contribution >= 4 is 0 Å². The van der Waals surface area contributed by atoms with E-state index in [0.717, 1.165) is 29.9 Å². The Morgan fingerprint density at radius 3 is 2.40 bits per heavy atom. The van der Waals surface area contributed by atoms with E-state index >= 15 is 0 Å². The van der Waals surface area contributed by atoms with Crippen molar-refractivity contribution in [3.63, 3.8) is 0 Å². The summed E-state index contributed by atoms with van der Waals surface area (Å²) in [5.41, 5.74) is 1.28. The molecular weight excluding hydrogens is 250 g/mol. The molecule has 0 N–H and O–H groups in total. The molecule has 0 saturated heterocycles. The van der Waals surface area contributed by atoms with Gasteiger partial charge in [-0.1, -0.05) is 18.9 Å². The second-order valence-corrected chi connectivity index (χ2v) is 6.61. The summed E-state index contributed by atoms with van der Waals surface area (Å²) in [5.74, 6) is 1.61. The first kappa shape index (κ1) is 12.1. The van der Waals surface area contributed by atoms with Gasteiger partial charge in [0.25, 0.3) is 0 Å². The van der Waals surface area contributed by atoms with E-state index in [0.29, 0.717) is 18.6 Å². The van der Waals surface area contributed by atoms with E-state index < -0.39 is 0 Å². The molecule has 0 aromatic heterocycles. The zero-order chi connectivity index (χ0) is 13.6. The number of ether oxygens (including phenoxy) is 2. The van der Waals surface area contributed by atoms with Gasteiger partial charge in [0.15, 0.2) is 11.5 Å². The topological polar surface area (TPSA) is 42.2 Å². The molecule has 2 aliphatic carbocycles. The Labute approximate surface area is 119 Å². The standard InChI is InChI=1S/C17H19NO2/c18-12-17(10-16(11-17)5-1-2-6-16)13-3-4-14-15(9-13)20-8-7-19-14/h3-4,9H,1-2,5-8,10-11H2. The quantitative estimate of drug-likeness (QED) is 0.782. The van der Waals surface area contributed by atoms with Crippen molar-refractivity contribution in [3.05, 3.63) is 23.8 Å². The highest BCUT2D eigenvalue weighted by molar-refractivity contribution is 5.49. The van der Waals surface area contributed by atoms with E-state index in [9.17, 15) is 5.26 Å². The molecule has 0 atom stereocenters. The van der Waals surface area contributed by atoms with Crippen LogP contribution in [0.1, 0.15) is 44.1 Å². The number of rotatable bonds is 1. The molecule has 1 aromatic carbocycles. The van der Waals surface area contributed by atoms with Gasteiger partial charge < -0.3 is 9.47 Å². The summed E-state index contributed by atoms with van der Waals surface area (Å²) in [4.78, 5) is 0. The van der Waals surface area contributed by atoms with Gasteiger partial charge in [0.1, 0.15) is 13.2 Å². The molecule has 0 radical (unpaired) electrons. The third-order valence-corrected chi connectivity index (χ3v) is 5.33. The van der Waals surface area contributed by atoms with Gasteiger partial charge in [-0.05, 0) is 48.8 Å². The Morgan fingerprint density at radius 2 is 1.70 bits per heavy atom. The molecule has 3 aliphatic rings. The number of nitrogens with zero attached hydrogens (tertiary/aromatic N) is 1. The number of nitriles is 1. The maximum atomic E-state index is 9.72. The zero-order valence-electron chi connectivity index (χ0n) is 11.7. The van der Waals surface area contributed by atoms with Gasteiger partial charge in [0.2, 0.25) is 0 Å². The Kier molecular flexibility index (Phi) is 2.51. The van der Waals surface area contributed by atoms with Gasteiger partial charge in [-0.15, -0.1) is 0 Å². The largest absolute Gasteiger partial charge is 0.486 e. The maximum Gasteiger partial charge on any atom is 0.161 e. The molecule has 3 nitrogen and oxygen atoms in total. The monoisotopic (exact) mass is 269 g/mol. The van der Waals surface area contributed by atoms with Crippen LogP contribution in [0.25, 0.3) is 0 Å². The average Bonchev–Trinajstić information content (AvgIpc) is 2.94. The number of fused-ring (bicyclic) bond motifs is 1. The van der Waals surface area contributed by atoms with Crippen LogP contribution in [0.3, 0.4) is 0 Å². The van der Waals surface area contributed by atoms with E-state index in [1.165, 1.54) is 25.7 Å². The summed E-state index contributed by atoms with van der Waals surface area (Å²) in [6, 6.07) is 8.64. The lowest BCUT2D eigenvalue weighted by atomic mass is 9.50. The summed E-state index contributed by atoms with van der Waals surface area (Å²) in [5, 5.41) is 9.72. The van der Waals surface area contributed by atoms with Crippen LogP contribution in [0.2, 0.25) is 0 Å². The first-order valence-electron chi connectivity index (χ1n) is 7.57. The van der Waals surface area contributed by atoms with E-state index in [1.807, 2.05) is 12.1 Å². The molecule has 104 valence electrons. The number of hydrogen-bond donors (Lipinski definition) is 0. The van der Waals surface area contributed by atoms with Gasteiger partial charge in [-0.25, -0.2) is 0 Å².